The maximum absolute atomic E-state index is 12.0. The molecule has 0 unspecified atom stereocenters. The molecule has 3 aromatic heterocycles. The van der Waals surface area contributed by atoms with Crippen LogP contribution in [0.15, 0.2) is 43.0 Å². The maximum Gasteiger partial charge on any atom is 0.282 e. The number of aromatic nitrogens is 5. The van der Waals surface area contributed by atoms with Gasteiger partial charge in [0, 0.05) is 30.4 Å². The van der Waals surface area contributed by atoms with E-state index in [4.69, 9.17) is 0 Å². The average molecular weight is 298 g/mol. The second-order valence-electron chi connectivity index (χ2n) is 4.00. The number of nitrogens with zero attached hydrogens (tertiary/aromatic N) is 5. The maximum atomic E-state index is 12.0. The highest BCUT2D eigenvalue weighted by molar-refractivity contribution is 7.16. The fourth-order valence-electron chi connectivity index (χ4n) is 1.58. The lowest BCUT2D eigenvalue weighted by atomic mass is 10.3. The Labute approximate surface area is 124 Å². The monoisotopic (exact) mass is 298 g/mol. The quantitative estimate of drug-likeness (QED) is 0.780. The van der Waals surface area contributed by atoms with Crippen LogP contribution in [0, 0.1) is 0 Å². The molecule has 7 nitrogen and oxygen atoms in total. The van der Waals surface area contributed by atoms with E-state index in [0.29, 0.717) is 15.8 Å². The van der Waals surface area contributed by atoms with Crippen molar-refractivity contribution in [1.29, 1.82) is 0 Å². The molecule has 0 atom stereocenters. The fraction of sp³-hybridized carbons (Fsp3) is 0.0769. The van der Waals surface area contributed by atoms with Crippen LogP contribution < -0.4 is 5.32 Å². The molecule has 0 aliphatic carbocycles. The van der Waals surface area contributed by atoms with Gasteiger partial charge in [0.25, 0.3) is 5.91 Å². The Balaban J connectivity index is 1.67. The second kappa shape index (κ2) is 6.14. The van der Waals surface area contributed by atoms with E-state index < -0.39 is 0 Å². The minimum atomic E-state index is -0.296. The summed E-state index contributed by atoms with van der Waals surface area (Å²) in [6, 6.07) is 5.40. The van der Waals surface area contributed by atoms with Crippen molar-refractivity contribution >= 4 is 17.2 Å². The third-order valence-corrected chi connectivity index (χ3v) is 3.53. The molecule has 0 spiro atoms. The zero-order valence-corrected chi connectivity index (χ0v) is 11.6. The summed E-state index contributed by atoms with van der Waals surface area (Å²) in [4.78, 5) is 24.1. The summed E-state index contributed by atoms with van der Waals surface area (Å²) >= 11 is 1.21. The molecule has 0 saturated carbocycles. The number of pyridine rings is 1. The standard InChI is InChI=1S/C13H10N6OS/c20-11(17-8-10-15-5-2-6-16-10)13-19-18-12(21-13)9-3-1-4-14-7-9/h1-7H,8H2,(H,17,20). The van der Waals surface area contributed by atoms with Crippen molar-refractivity contribution in [2.45, 2.75) is 6.54 Å². The lowest BCUT2D eigenvalue weighted by molar-refractivity contribution is 0.0949. The van der Waals surface area contributed by atoms with Crippen LogP contribution >= 0.6 is 11.3 Å². The smallest absolute Gasteiger partial charge is 0.282 e. The summed E-state index contributed by atoms with van der Waals surface area (Å²) in [5, 5.41) is 11.6. The molecule has 0 radical (unpaired) electrons. The average Bonchev–Trinajstić information content (AvgIpc) is 3.04. The summed E-state index contributed by atoms with van der Waals surface area (Å²) in [6.45, 7) is 0.251. The summed E-state index contributed by atoms with van der Waals surface area (Å²) in [6.07, 6.45) is 6.61. The predicted octanol–water partition coefficient (Wildman–Crippen LogP) is 1.32. The van der Waals surface area contributed by atoms with Gasteiger partial charge in [-0.3, -0.25) is 9.78 Å². The molecule has 21 heavy (non-hydrogen) atoms. The number of nitrogens with one attached hydrogen (secondary N) is 1. The highest BCUT2D eigenvalue weighted by Crippen LogP contribution is 2.22. The Morgan fingerprint density at radius 2 is 2.00 bits per heavy atom. The Bertz CT molecular complexity index is 731. The Hall–Kier alpha value is -2.74. The summed E-state index contributed by atoms with van der Waals surface area (Å²) < 4.78 is 0. The van der Waals surface area contributed by atoms with Crippen molar-refractivity contribution in [2.75, 3.05) is 0 Å². The normalized spacial score (nSPS) is 10.3. The molecule has 3 aromatic rings. The van der Waals surface area contributed by atoms with E-state index >= 15 is 0 Å². The first-order valence-corrected chi connectivity index (χ1v) is 6.92. The van der Waals surface area contributed by atoms with Gasteiger partial charge in [0.15, 0.2) is 0 Å². The van der Waals surface area contributed by atoms with Crippen molar-refractivity contribution in [2.24, 2.45) is 0 Å². The molecule has 104 valence electrons. The molecular weight excluding hydrogens is 288 g/mol. The lowest BCUT2D eigenvalue weighted by Crippen LogP contribution is -2.23. The van der Waals surface area contributed by atoms with E-state index in [1.165, 1.54) is 11.3 Å². The molecule has 8 heteroatoms. The molecule has 3 rings (SSSR count). The SMILES string of the molecule is O=C(NCc1ncccn1)c1nnc(-c2cccnc2)s1. The Kier molecular flexibility index (Phi) is 3.88. The summed E-state index contributed by atoms with van der Waals surface area (Å²) in [7, 11) is 0. The highest BCUT2D eigenvalue weighted by atomic mass is 32.1. The molecule has 0 fully saturated rings. The van der Waals surface area contributed by atoms with Crippen LogP contribution in [-0.4, -0.2) is 31.1 Å². The zero-order chi connectivity index (χ0) is 14.5. The molecule has 1 amide bonds. The van der Waals surface area contributed by atoms with Crippen LogP contribution in [0.1, 0.15) is 15.6 Å². The van der Waals surface area contributed by atoms with E-state index in [9.17, 15) is 4.79 Å². The first-order valence-electron chi connectivity index (χ1n) is 6.11. The van der Waals surface area contributed by atoms with E-state index in [2.05, 4.69) is 30.5 Å². The topological polar surface area (TPSA) is 93.6 Å². The third-order valence-electron chi connectivity index (χ3n) is 2.55. The number of carbonyl (C=O) groups excluding carboxylic acids is 1. The van der Waals surface area contributed by atoms with E-state index in [1.54, 1.807) is 30.9 Å². The Morgan fingerprint density at radius 1 is 1.14 bits per heavy atom. The van der Waals surface area contributed by atoms with Crippen molar-refractivity contribution < 1.29 is 4.79 Å². The lowest BCUT2D eigenvalue weighted by Gasteiger charge is -2.00. The number of amides is 1. The zero-order valence-electron chi connectivity index (χ0n) is 10.8. The second-order valence-corrected chi connectivity index (χ2v) is 4.98. The van der Waals surface area contributed by atoms with Crippen LogP contribution in [0.2, 0.25) is 0 Å². The van der Waals surface area contributed by atoms with Gasteiger partial charge >= 0.3 is 0 Å². The van der Waals surface area contributed by atoms with E-state index in [1.807, 2.05) is 12.1 Å². The number of hydrogen-bond donors (Lipinski definition) is 1. The van der Waals surface area contributed by atoms with Gasteiger partial charge in [-0.1, -0.05) is 11.3 Å². The van der Waals surface area contributed by atoms with E-state index in [0.717, 1.165) is 5.56 Å². The number of rotatable bonds is 4. The van der Waals surface area contributed by atoms with Crippen LogP contribution in [0.5, 0.6) is 0 Å². The molecular formula is C13H10N6OS. The van der Waals surface area contributed by atoms with Gasteiger partial charge in [0.05, 0.1) is 6.54 Å². The molecule has 1 N–H and O–H groups in total. The van der Waals surface area contributed by atoms with Gasteiger partial charge in [-0.15, -0.1) is 10.2 Å². The molecule has 0 saturated heterocycles. The van der Waals surface area contributed by atoms with Gasteiger partial charge < -0.3 is 5.32 Å². The van der Waals surface area contributed by atoms with Gasteiger partial charge in [-0.05, 0) is 18.2 Å². The van der Waals surface area contributed by atoms with Crippen LogP contribution in [0.25, 0.3) is 10.6 Å². The van der Waals surface area contributed by atoms with Gasteiger partial charge in [0.2, 0.25) is 5.01 Å². The minimum Gasteiger partial charge on any atom is -0.343 e. The molecule has 0 aromatic carbocycles. The van der Waals surface area contributed by atoms with Gasteiger partial charge in [0.1, 0.15) is 10.8 Å². The molecule has 0 aliphatic heterocycles. The Morgan fingerprint density at radius 3 is 2.76 bits per heavy atom. The largest absolute Gasteiger partial charge is 0.343 e. The first-order chi connectivity index (χ1) is 10.3. The number of carbonyl (C=O) groups is 1. The van der Waals surface area contributed by atoms with Crippen molar-refractivity contribution in [3.05, 3.63) is 53.8 Å². The summed E-state index contributed by atoms with van der Waals surface area (Å²) in [5.41, 5.74) is 0.834. The summed E-state index contributed by atoms with van der Waals surface area (Å²) in [5.74, 6) is 0.248. The highest BCUT2D eigenvalue weighted by Gasteiger charge is 2.13. The van der Waals surface area contributed by atoms with Crippen LogP contribution in [0.3, 0.4) is 0 Å². The van der Waals surface area contributed by atoms with E-state index in [-0.39, 0.29) is 12.5 Å². The van der Waals surface area contributed by atoms with Crippen LogP contribution in [-0.2, 0) is 6.54 Å². The van der Waals surface area contributed by atoms with Crippen molar-refractivity contribution in [3.8, 4) is 10.6 Å². The van der Waals surface area contributed by atoms with Crippen LogP contribution in [0.4, 0.5) is 0 Å². The minimum absolute atomic E-state index is 0.251. The van der Waals surface area contributed by atoms with Gasteiger partial charge in [-0.2, -0.15) is 0 Å². The fourth-order valence-corrected chi connectivity index (χ4v) is 2.33. The predicted molar refractivity (Wildman–Crippen MR) is 76.3 cm³/mol. The number of hydrogen-bond acceptors (Lipinski definition) is 7. The van der Waals surface area contributed by atoms with Crippen molar-refractivity contribution in [1.82, 2.24) is 30.5 Å². The molecule has 0 aliphatic rings. The third kappa shape index (κ3) is 3.23. The molecule has 0 bridgehead atoms. The first kappa shape index (κ1) is 13.3. The van der Waals surface area contributed by atoms with Crippen molar-refractivity contribution in [3.63, 3.8) is 0 Å². The van der Waals surface area contributed by atoms with Gasteiger partial charge in [-0.25, -0.2) is 9.97 Å². The molecule has 3 heterocycles.